The van der Waals surface area contributed by atoms with Gasteiger partial charge in [0, 0.05) is 11.4 Å². The van der Waals surface area contributed by atoms with Crippen molar-refractivity contribution in [1.82, 2.24) is 0 Å². The van der Waals surface area contributed by atoms with Crippen molar-refractivity contribution in [2.45, 2.75) is 11.4 Å². The van der Waals surface area contributed by atoms with Crippen molar-refractivity contribution in [2.24, 2.45) is 0 Å². The van der Waals surface area contributed by atoms with Crippen LogP contribution in [0.3, 0.4) is 0 Å². The Morgan fingerprint density at radius 3 is 2.46 bits per heavy atom. The summed E-state index contributed by atoms with van der Waals surface area (Å²) < 4.78 is 38.3. The molecular weight excluding hydrogens is 339 g/mol. The van der Waals surface area contributed by atoms with Gasteiger partial charge in [-0.25, -0.2) is 0 Å². The Hall–Kier alpha value is -1.99. The average molecular weight is 355 g/mol. The van der Waals surface area contributed by atoms with Crippen molar-refractivity contribution in [3.8, 4) is 0 Å². The summed E-state index contributed by atoms with van der Waals surface area (Å²) in [6, 6.07) is 13.4. The fraction of sp³-hybridized carbons (Fsp3) is 0.235. The van der Waals surface area contributed by atoms with E-state index in [4.69, 9.17) is 5.11 Å². The van der Waals surface area contributed by atoms with Gasteiger partial charge in [-0.2, -0.15) is 13.2 Å². The molecule has 0 radical (unpaired) electrons. The molecule has 128 valence electrons. The van der Waals surface area contributed by atoms with Crippen molar-refractivity contribution >= 4 is 23.4 Å². The first-order valence-electron chi connectivity index (χ1n) is 7.17. The van der Waals surface area contributed by atoms with Gasteiger partial charge in [-0.15, -0.1) is 11.8 Å². The smallest absolute Gasteiger partial charge is 0.396 e. The second kappa shape index (κ2) is 8.21. The van der Waals surface area contributed by atoms with Crippen LogP contribution in [0.25, 0.3) is 0 Å². The molecule has 2 aromatic rings. The van der Waals surface area contributed by atoms with Gasteiger partial charge in [-0.05, 0) is 23.8 Å². The first-order chi connectivity index (χ1) is 11.4. The number of halogens is 3. The van der Waals surface area contributed by atoms with Crippen LogP contribution in [0, 0.1) is 0 Å². The molecule has 1 amide bonds. The van der Waals surface area contributed by atoms with Crippen LogP contribution in [-0.4, -0.2) is 23.4 Å². The third-order valence-corrected chi connectivity index (χ3v) is 4.41. The Balaban J connectivity index is 2.19. The Labute approximate surface area is 141 Å². The van der Waals surface area contributed by atoms with Crippen molar-refractivity contribution in [3.63, 3.8) is 0 Å². The molecule has 3 nitrogen and oxygen atoms in total. The number of carbonyl (C=O) groups is 1. The van der Waals surface area contributed by atoms with Crippen LogP contribution in [0.4, 0.5) is 18.9 Å². The maximum absolute atomic E-state index is 12.8. The van der Waals surface area contributed by atoms with Crippen molar-refractivity contribution in [1.29, 1.82) is 0 Å². The summed E-state index contributed by atoms with van der Waals surface area (Å²) in [6.07, 6.45) is -4.47. The molecular formula is C17H16F3NO2S. The predicted octanol–water partition coefficient (Wildman–Crippen LogP) is 4.11. The average Bonchev–Trinajstić information content (AvgIpc) is 2.55. The highest BCUT2D eigenvalue weighted by Crippen LogP contribution is 2.32. The van der Waals surface area contributed by atoms with Crippen LogP contribution in [-0.2, 0) is 11.0 Å². The number of aliphatic hydroxyl groups is 1. The molecule has 7 heteroatoms. The molecule has 0 spiro atoms. The topological polar surface area (TPSA) is 49.3 Å². The molecule has 0 aromatic heterocycles. The minimum Gasteiger partial charge on any atom is -0.396 e. The van der Waals surface area contributed by atoms with E-state index in [0.29, 0.717) is 5.75 Å². The number of rotatable bonds is 6. The maximum Gasteiger partial charge on any atom is 0.416 e. The van der Waals surface area contributed by atoms with Gasteiger partial charge in [0.1, 0.15) is 5.25 Å². The van der Waals surface area contributed by atoms with Gasteiger partial charge in [0.2, 0.25) is 5.91 Å². The van der Waals surface area contributed by atoms with Crippen LogP contribution in [0.15, 0.2) is 54.6 Å². The zero-order valence-electron chi connectivity index (χ0n) is 12.6. The van der Waals surface area contributed by atoms with E-state index < -0.39 is 22.9 Å². The van der Waals surface area contributed by atoms with Crippen molar-refractivity contribution < 1.29 is 23.1 Å². The molecule has 1 atom stereocenters. The minimum atomic E-state index is -4.47. The van der Waals surface area contributed by atoms with Crippen LogP contribution in [0.2, 0.25) is 0 Å². The third kappa shape index (κ3) is 5.01. The van der Waals surface area contributed by atoms with Crippen LogP contribution >= 0.6 is 11.8 Å². The standard InChI is InChI=1S/C17H16F3NO2S/c18-17(19,20)13-7-4-8-14(11-13)21-16(23)15(24-10-9-22)12-5-2-1-3-6-12/h1-8,11,15,22H,9-10H2,(H,21,23)/t15-/m0/s1. The molecule has 0 unspecified atom stereocenters. The van der Waals surface area contributed by atoms with E-state index in [1.54, 1.807) is 24.3 Å². The highest BCUT2D eigenvalue weighted by atomic mass is 32.2. The van der Waals surface area contributed by atoms with Gasteiger partial charge in [0.25, 0.3) is 0 Å². The summed E-state index contributed by atoms with van der Waals surface area (Å²) in [5.41, 5.74) is -0.0136. The quantitative estimate of drug-likeness (QED) is 0.820. The molecule has 0 bridgehead atoms. The van der Waals surface area contributed by atoms with Gasteiger partial charge in [0.15, 0.2) is 0 Å². The first-order valence-corrected chi connectivity index (χ1v) is 8.22. The van der Waals surface area contributed by atoms with Crippen LogP contribution < -0.4 is 5.32 Å². The van der Waals surface area contributed by atoms with E-state index in [2.05, 4.69) is 5.32 Å². The lowest BCUT2D eigenvalue weighted by Crippen LogP contribution is -2.20. The molecule has 0 aliphatic carbocycles. The summed E-state index contributed by atoms with van der Waals surface area (Å²) in [4.78, 5) is 12.5. The zero-order chi connectivity index (χ0) is 17.6. The molecule has 2 rings (SSSR count). The number of nitrogens with one attached hydrogen (secondary N) is 1. The molecule has 0 aliphatic rings. The monoisotopic (exact) mass is 355 g/mol. The van der Waals surface area contributed by atoms with E-state index >= 15 is 0 Å². The number of hydrogen-bond acceptors (Lipinski definition) is 3. The molecule has 2 N–H and O–H groups in total. The molecule has 0 fully saturated rings. The largest absolute Gasteiger partial charge is 0.416 e. The fourth-order valence-electron chi connectivity index (χ4n) is 2.10. The Bertz CT molecular complexity index is 677. The predicted molar refractivity (Wildman–Crippen MR) is 88.8 cm³/mol. The third-order valence-electron chi connectivity index (χ3n) is 3.17. The number of thioether (sulfide) groups is 1. The van der Waals surface area contributed by atoms with Gasteiger partial charge < -0.3 is 10.4 Å². The Morgan fingerprint density at radius 1 is 1.12 bits per heavy atom. The minimum absolute atomic E-state index is 0.0837. The number of hydrogen-bond donors (Lipinski definition) is 2. The van der Waals surface area contributed by atoms with E-state index in [1.807, 2.05) is 6.07 Å². The number of benzene rings is 2. The molecule has 0 saturated carbocycles. The van der Waals surface area contributed by atoms with E-state index in [9.17, 15) is 18.0 Å². The normalized spacial score (nSPS) is 12.7. The van der Waals surface area contributed by atoms with E-state index in [0.717, 1.165) is 17.7 Å². The second-order valence-corrected chi connectivity index (χ2v) is 6.17. The summed E-state index contributed by atoms with van der Waals surface area (Å²) in [7, 11) is 0. The first kappa shape index (κ1) is 18.4. The van der Waals surface area contributed by atoms with Gasteiger partial charge >= 0.3 is 6.18 Å². The van der Waals surface area contributed by atoms with Gasteiger partial charge in [-0.3, -0.25) is 4.79 Å². The van der Waals surface area contributed by atoms with Gasteiger partial charge in [0.05, 0.1) is 12.2 Å². The molecule has 0 aliphatic heterocycles. The van der Waals surface area contributed by atoms with Crippen molar-refractivity contribution in [3.05, 3.63) is 65.7 Å². The molecule has 0 saturated heterocycles. The number of aliphatic hydroxyl groups excluding tert-OH is 1. The summed E-state index contributed by atoms with van der Waals surface area (Å²) >= 11 is 1.23. The van der Waals surface area contributed by atoms with Crippen molar-refractivity contribution in [2.75, 3.05) is 17.7 Å². The summed E-state index contributed by atoms with van der Waals surface area (Å²) in [6.45, 7) is -0.0924. The van der Waals surface area contributed by atoms with Crippen LogP contribution in [0.5, 0.6) is 0 Å². The molecule has 2 aromatic carbocycles. The SMILES string of the molecule is O=C(Nc1cccc(C(F)(F)F)c1)[C@@H](SCCO)c1ccccc1. The summed E-state index contributed by atoms with van der Waals surface area (Å²) in [5.74, 6) is -0.0887. The molecule has 24 heavy (non-hydrogen) atoms. The van der Waals surface area contributed by atoms with Crippen LogP contribution in [0.1, 0.15) is 16.4 Å². The van der Waals surface area contributed by atoms with E-state index in [1.165, 1.54) is 23.9 Å². The maximum atomic E-state index is 12.8. The highest BCUT2D eigenvalue weighted by molar-refractivity contribution is 8.00. The highest BCUT2D eigenvalue weighted by Gasteiger charge is 2.30. The lowest BCUT2D eigenvalue weighted by atomic mass is 10.1. The zero-order valence-corrected chi connectivity index (χ0v) is 13.4. The van der Waals surface area contributed by atoms with Gasteiger partial charge in [-0.1, -0.05) is 36.4 Å². The Morgan fingerprint density at radius 2 is 1.83 bits per heavy atom. The number of alkyl halides is 3. The molecule has 0 heterocycles. The lowest BCUT2D eigenvalue weighted by Gasteiger charge is -2.17. The fourth-order valence-corrected chi connectivity index (χ4v) is 3.00. The van der Waals surface area contributed by atoms with E-state index in [-0.39, 0.29) is 12.3 Å². The summed E-state index contributed by atoms with van der Waals surface area (Å²) in [5, 5.41) is 10.9. The number of carbonyl (C=O) groups excluding carboxylic acids is 1. The number of anilines is 1. The second-order valence-electron chi connectivity index (χ2n) is 4.95. The lowest BCUT2D eigenvalue weighted by molar-refractivity contribution is -0.137. The Kier molecular flexibility index (Phi) is 6.28. The number of amides is 1.